The molecule has 27 heavy (non-hydrogen) atoms. The van der Waals surface area contributed by atoms with Gasteiger partial charge in [-0.25, -0.2) is 0 Å². The standard InChI is InChI=1S/C21H22N2O4/c1-16(24)22-20(17-7-3-2-4-8-17)13-21(25)23(14-18-9-5-11-26-18)15-19-10-6-12-27-19/h2-12,20H,13-15H2,1H3,(H,22,24). The van der Waals surface area contributed by atoms with Gasteiger partial charge in [0.1, 0.15) is 11.5 Å². The molecule has 0 saturated heterocycles. The van der Waals surface area contributed by atoms with E-state index in [0.29, 0.717) is 24.6 Å². The van der Waals surface area contributed by atoms with Gasteiger partial charge >= 0.3 is 0 Å². The lowest BCUT2D eigenvalue weighted by atomic mass is 10.0. The summed E-state index contributed by atoms with van der Waals surface area (Å²) in [4.78, 5) is 26.3. The summed E-state index contributed by atoms with van der Waals surface area (Å²) in [7, 11) is 0. The van der Waals surface area contributed by atoms with Gasteiger partial charge in [0.2, 0.25) is 11.8 Å². The molecule has 0 fully saturated rings. The van der Waals surface area contributed by atoms with Crippen molar-refractivity contribution >= 4 is 11.8 Å². The van der Waals surface area contributed by atoms with Crippen LogP contribution in [0.1, 0.15) is 36.5 Å². The third kappa shape index (κ3) is 5.34. The molecule has 0 saturated carbocycles. The molecule has 0 aliphatic rings. The third-order valence-corrected chi connectivity index (χ3v) is 4.16. The minimum atomic E-state index is -0.396. The SMILES string of the molecule is CC(=O)NC(CC(=O)N(Cc1ccco1)Cc1ccco1)c1ccccc1. The van der Waals surface area contributed by atoms with Crippen LogP contribution < -0.4 is 5.32 Å². The van der Waals surface area contributed by atoms with Crippen LogP contribution >= 0.6 is 0 Å². The van der Waals surface area contributed by atoms with E-state index in [1.807, 2.05) is 42.5 Å². The molecule has 0 radical (unpaired) electrons. The van der Waals surface area contributed by atoms with Crippen LogP contribution in [0.2, 0.25) is 0 Å². The fraction of sp³-hybridized carbons (Fsp3) is 0.238. The Labute approximate surface area is 157 Å². The van der Waals surface area contributed by atoms with Gasteiger partial charge in [-0.05, 0) is 29.8 Å². The average Bonchev–Trinajstić information content (AvgIpc) is 3.35. The number of hydrogen-bond donors (Lipinski definition) is 1. The highest BCUT2D eigenvalue weighted by molar-refractivity contribution is 5.79. The van der Waals surface area contributed by atoms with Crippen molar-refractivity contribution < 1.29 is 18.4 Å². The smallest absolute Gasteiger partial charge is 0.225 e. The summed E-state index contributed by atoms with van der Waals surface area (Å²) in [6.45, 7) is 2.10. The minimum absolute atomic E-state index is 0.106. The fourth-order valence-corrected chi connectivity index (χ4v) is 2.90. The van der Waals surface area contributed by atoms with Gasteiger partial charge in [-0.3, -0.25) is 9.59 Å². The molecule has 140 valence electrons. The van der Waals surface area contributed by atoms with Crippen LogP contribution in [0.5, 0.6) is 0 Å². The Morgan fingerprint density at radius 2 is 1.52 bits per heavy atom. The van der Waals surface area contributed by atoms with E-state index in [0.717, 1.165) is 5.56 Å². The van der Waals surface area contributed by atoms with Gasteiger partial charge in [-0.15, -0.1) is 0 Å². The van der Waals surface area contributed by atoms with Crippen molar-refractivity contribution in [2.45, 2.75) is 32.5 Å². The summed E-state index contributed by atoms with van der Waals surface area (Å²) < 4.78 is 10.8. The molecule has 1 atom stereocenters. The third-order valence-electron chi connectivity index (χ3n) is 4.16. The second-order valence-corrected chi connectivity index (χ2v) is 6.28. The molecular formula is C21H22N2O4. The molecule has 2 heterocycles. The van der Waals surface area contributed by atoms with Gasteiger partial charge in [-0.2, -0.15) is 0 Å². The fourth-order valence-electron chi connectivity index (χ4n) is 2.90. The van der Waals surface area contributed by atoms with Gasteiger partial charge in [0, 0.05) is 6.92 Å². The molecule has 3 aromatic rings. The number of amides is 2. The topological polar surface area (TPSA) is 75.7 Å². The first-order chi connectivity index (χ1) is 13.1. The zero-order valence-corrected chi connectivity index (χ0v) is 15.1. The van der Waals surface area contributed by atoms with Gasteiger partial charge in [0.05, 0.1) is 38.1 Å². The highest BCUT2D eigenvalue weighted by atomic mass is 16.3. The van der Waals surface area contributed by atoms with Gasteiger partial charge in [0.25, 0.3) is 0 Å². The molecule has 1 unspecified atom stereocenters. The number of rotatable bonds is 8. The molecule has 6 nitrogen and oxygen atoms in total. The summed E-state index contributed by atoms with van der Waals surface area (Å²) >= 11 is 0. The molecule has 2 aromatic heterocycles. The molecule has 2 amide bonds. The largest absolute Gasteiger partial charge is 0.467 e. The van der Waals surface area contributed by atoms with Crippen molar-refractivity contribution in [2.75, 3.05) is 0 Å². The second kappa shape index (κ2) is 8.89. The van der Waals surface area contributed by atoms with Gasteiger partial charge in [-0.1, -0.05) is 30.3 Å². The predicted octanol–water partition coefficient (Wildman–Crippen LogP) is 3.67. The first-order valence-electron chi connectivity index (χ1n) is 8.76. The van der Waals surface area contributed by atoms with E-state index in [9.17, 15) is 9.59 Å². The molecule has 6 heteroatoms. The van der Waals surface area contributed by atoms with Crippen molar-refractivity contribution in [1.82, 2.24) is 10.2 Å². The van der Waals surface area contributed by atoms with Crippen LogP contribution in [0, 0.1) is 0 Å². The van der Waals surface area contributed by atoms with Crippen LogP contribution in [0.25, 0.3) is 0 Å². The van der Waals surface area contributed by atoms with Crippen LogP contribution in [0.15, 0.2) is 76.0 Å². The Morgan fingerprint density at radius 3 is 2.00 bits per heavy atom. The first-order valence-corrected chi connectivity index (χ1v) is 8.76. The van der Waals surface area contributed by atoms with Crippen LogP contribution in [0.3, 0.4) is 0 Å². The molecule has 0 aliphatic heterocycles. The zero-order chi connectivity index (χ0) is 19.1. The monoisotopic (exact) mass is 366 g/mol. The first kappa shape index (κ1) is 18.5. The summed E-state index contributed by atoms with van der Waals surface area (Å²) in [6.07, 6.45) is 3.30. The van der Waals surface area contributed by atoms with Crippen molar-refractivity contribution in [3.8, 4) is 0 Å². The van der Waals surface area contributed by atoms with Gasteiger partial charge in [0.15, 0.2) is 0 Å². The van der Waals surface area contributed by atoms with Crippen molar-refractivity contribution in [3.05, 3.63) is 84.2 Å². The normalized spacial score (nSPS) is 11.7. The maximum atomic E-state index is 13.1. The lowest BCUT2D eigenvalue weighted by Gasteiger charge is -2.24. The van der Waals surface area contributed by atoms with Crippen molar-refractivity contribution in [2.24, 2.45) is 0 Å². The molecule has 1 N–H and O–H groups in total. The summed E-state index contributed by atoms with van der Waals surface area (Å²) in [5.41, 5.74) is 0.886. The summed E-state index contributed by atoms with van der Waals surface area (Å²) in [5, 5.41) is 2.87. The summed E-state index contributed by atoms with van der Waals surface area (Å²) in [6, 6.07) is 16.3. The Hall–Kier alpha value is -3.28. The Balaban J connectivity index is 1.77. The Morgan fingerprint density at radius 1 is 0.926 bits per heavy atom. The van der Waals surface area contributed by atoms with E-state index in [1.54, 1.807) is 29.6 Å². The van der Waals surface area contributed by atoms with Crippen LogP contribution in [0.4, 0.5) is 0 Å². The number of carbonyl (C=O) groups is 2. The Kier molecular flexibility index (Phi) is 6.10. The Bertz CT molecular complexity index is 805. The number of carbonyl (C=O) groups excluding carboxylic acids is 2. The van der Waals surface area contributed by atoms with E-state index >= 15 is 0 Å². The number of nitrogens with one attached hydrogen (secondary N) is 1. The van der Waals surface area contributed by atoms with Crippen molar-refractivity contribution in [3.63, 3.8) is 0 Å². The number of benzene rings is 1. The van der Waals surface area contributed by atoms with E-state index in [4.69, 9.17) is 8.83 Å². The second-order valence-electron chi connectivity index (χ2n) is 6.28. The maximum Gasteiger partial charge on any atom is 0.225 e. The van der Waals surface area contributed by atoms with Crippen LogP contribution in [-0.4, -0.2) is 16.7 Å². The molecular weight excluding hydrogens is 344 g/mol. The molecule has 1 aromatic carbocycles. The molecule has 0 bridgehead atoms. The molecule has 0 spiro atoms. The van der Waals surface area contributed by atoms with Gasteiger partial charge < -0.3 is 19.1 Å². The number of nitrogens with zero attached hydrogens (tertiary/aromatic N) is 1. The quantitative estimate of drug-likeness (QED) is 0.660. The highest BCUT2D eigenvalue weighted by Gasteiger charge is 2.23. The maximum absolute atomic E-state index is 13.1. The van der Waals surface area contributed by atoms with E-state index in [-0.39, 0.29) is 18.2 Å². The zero-order valence-electron chi connectivity index (χ0n) is 15.1. The number of furan rings is 2. The molecule has 0 aliphatic carbocycles. The van der Waals surface area contributed by atoms with E-state index in [2.05, 4.69) is 5.32 Å². The van der Waals surface area contributed by atoms with E-state index < -0.39 is 6.04 Å². The van der Waals surface area contributed by atoms with Crippen LogP contribution in [-0.2, 0) is 22.7 Å². The summed E-state index contributed by atoms with van der Waals surface area (Å²) in [5.74, 6) is 1.09. The van der Waals surface area contributed by atoms with Crippen molar-refractivity contribution in [1.29, 1.82) is 0 Å². The average molecular weight is 366 g/mol. The minimum Gasteiger partial charge on any atom is -0.467 e. The van der Waals surface area contributed by atoms with E-state index in [1.165, 1.54) is 6.92 Å². The highest BCUT2D eigenvalue weighted by Crippen LogP contribution is 2.20. The predicted molar refractivity (Wildman–Crippen MR) is 99.3 cm³/mol. The lowest BCUT2D eigenvalue weighted by Crippen LogP contribution is -2.35. The number of hydrogen-bond acceptors (Lipinski definition) is 4. The molecule has 3 rings (SSSR count). The lowest BCUT2D eigenvalue weighted by molar-refractivity contribution is -0.133.